The van der Waals surface area contributed by atoms with Gasteiger partial charge >= 0.3 is 49.6 Å². The maximum atomic E-state index is 9.44. The molecule has 0 radical (unpaired) electrons. The Hall–Kier alpha value is 1.76. The van der Waals surface area contributed by atoms with E-state index in [-0.39, 0.29) is 0 Å². The zero-order chi connectivity index (χ0) is 11.7. The molecule has 0 saturated carbocycles. The number of rotatable bonds is 0. The Balaban J connectivity index is -0.000000117. The van der Waals surface area contributed by atoms with Crippen molar-refractivity contribution in [3.05, 3.63) is 0 Å². The fourth-order valence-electron chi connectivity index (χ4n) is 0. The van der Waals surface area contributed by atoms with Gasteiger partial charge in [-0.2, -0.15) is 5.87 Å². The van der Waals surface area contributed by atoms with Crippen molar-refractivity contribution >= 4 is 55.0 Å². The van der Waals surface area contributed by atoms with Crippen LogP contribution >= 0.6 is 38.8 Å². The number of hydrogen-bond donors (Lipinski definition) is 0. The molecule has 0 saturated heterocycles. The first kappa shape index (κ1) is 20.2. The normalized spacial score (nSPS) is 11.2. The molecule has 0 unspecified atom stereocenters. The van der Waals surface area contributed by atoms with Crippen LogP contribution in [0.3, 0.4) is 0 Å². The van der Waals surface area contributed by atoms with Crippen LogP contribution in [0.1, 0.15) is 0 Å². The number of nitrogens with zero attached hydrogens (tertiary/aromatic N) is 1. The summed E-state index contributed by atoms with van der Waals surface area (Å²) in [5.41, 5.74) is 0. The summed E-state index contributed by atoms with van der Waals surface area (Å²) in [6.07, 6.45) is 1.53. The SMILES string of the molecule is C=[S-](C)=O.CN(C)C.[Cl][Ru]([Cl])([Cl])[Cl]. The van der Waals surface area contributed by atoms with Crippen molar-refractivity contribution in [3.8, 4) is 0 Å². The van der Waals surface area contributed by atoms with Gasteiger partial charge in [0.05, 0.1) is 0 Å². The quantitative estimate of drug-likeness (QED) is 0.367. The summed E-state index contributed by atoms with van der Waals surface area (Å²) in [4.78, 5) is 2.00. The van der Waals surface area contributed by atoms with E-state index in [1.54, 1.807) is 0 Å². The molecule has 0 bridgehead atoms. The third-order valence-corrected chi connectivity index (χ3v) is 0. The molecule has 88 valence electrons. The van der Waals surface area contributed by atoms with E-state index in [0.717, 1.165) is 0 Å². The van der Waals surface area contributed by atoms with Gasteiger partial charge in [-0.3, -0.25) is 10.4 Å². The molecule has 0 amide bonds. The van der Waals surface area contributed by atoms with E-state index in [9.17, 15) is 4.21 Å². The molecule has 0 heterocycles. The van der Waals surface area contributed by atoms with Crippen molar-refractivity contribution in [1.29, 1.82) is 0 Å². The predicted molar refractivity (Wildman–Crippen MR) is 64.1 cm³/mol. The number of halogens is 4. The molecule has 2 nitrogen and oxygen atoms in total. The van der Waals surface area contributed by atoms with Crippen LogP contribution in [0, 0.1) is 0 Å². The first-order chi connectivity index (χ1) is 5.46. The Bertz CT molecular complexity index is 152. The van der Waals surface area contributed by atoms with Crippen LogP contribution in [0.4, 0.5) is 0 Å². The molecule has 0 rings (SSSR count). The predicted octanol–water partition coefficient (Wildman–Crippen LogP) is 2.95. The summed E-state index contributed by atoms with van der Waals surface area (Å²) < 4.78 is 9.44. The first-order valence-corrected chi connectivity index (χ1v) is 13.4. The van der Waals surface area contributed by atoms with Gasteiger partial charge in [-0.05, 0) is 21.1 Å². The van der Waals surface area contributed by atoms with Gasteiger partial charge in [-0.15, -0.1) is 6.26 Å². The molecule has 0 aliphatic heterocycles. The van der Waals surface area contributed by atoms with Crippen molar-refractivity contribution in [2.75, 3.05) is 27.4 Å². The molecule has 0 aromatic heterocycles. The van der Waals surface area contributed by atoms with Gasteiger partial charge in [0.2, 0.25) is 0 Å². The van der Waals surface area contributed by atoms with Crippen molar-refractivity contribution in [2.45, 2.75) is 0 Å². The summed E-state index contributed by atoms with van der Waals surface area (Å²) in [5, 5.41) is 0. The van der Waals surface area contributed by atoms with E-state index in [4.69, 9.17) is 38.8 Å². The zero-order valence-electron chi connectivity index (χ0n) is 7.84. The summed E-state index contributed by atoms with van der Waals surface area (Å²) >= 11 is 0. The first-order valence-electron chi connectivity index (χ1n) is 2.74. The molecule has 0 atom stereocenters. The van der Waals surface area contributed by atoms with E-state index in [1.165, 1.54) is 6.26 Å². The molecular formula is C5H14Cl4NORuS-. The van der Waals surface area contributed by atoms with Gasteiger partial charge < -0.3 is 9.11 Å². The Labute approximate surface area is 102 Å². The summed E-state index contributed by atoms with van der Waals surface area (Å²) in [6.45, 7) is 0. The second kappa shape index (κ2) is 11.8. The number of hydrogen-bond acceptors (Lipinski definition) is 3. The van der Waals surface area contributed by atoms with Crippen molar-refractivity contribution < 1.29 is 15.0 Å². The summed E-state index contributed by atoms with van der Waals surface area (Å²) in [6, 6.07) is 0. The molecule has 0 N–H and O–H groups in total. The van der Waals surface area contributed by atoms with Crippen molar-refractivity contribution in [1.82, 2.24) is 4.90 Å². The fourth-order valence-corrected chi connectivity index (χ4v) is 0. The third kappa shape index (κ3) is 612. The van der Waals surface area contributed by atoms with Crippen LogP contribution in [-0.4, -0.2) is 38.2 Å². The maximum absolute atomic E-state index is 9.44. The van der Waals surface area contributed by atoms with E-state index in [1.807, 2.05) is 26.0 Å². The van der Waals surface area contributed by atoms with Crippen molar-refractivity contribution in [2.24, 2.45) is 0 Å². The second-order valence-electron chi connectivity index (χ2n) is 2.22. The van der Waals surface area contributed by atoms with Gasteiger partial charge in [0, 0.05) is 0 Å². The van der Waals surface area contributed by atoms with Crippen LogP contribution in [0.25, 0.3) is 0 Å². The van der Waals surface area contributed by atoms with Gasteiger partial charge in [0.1, 0.15) is 0 Å². The molecule has 0 aromatic carbocycles. The molecular weight excluding hydrogens is 365 g/mol. The van der Waals surface area contributed by atoms with Gasteiger partial charge in [-0.1, -0.05) is 0 Å². The Morgan fingerprint density at radius 1 is 1.15 bits per heavy atom. The topological polar surface area (TPSA) is 20.3 Å². The van der Waals surface area contributed by atoms with Gasteiger partial charge in [-0.25, -0.2) is 0 Å². The minimum absolute atomic E-state index is 0.861. The van der Waals surface area contributed by atoms with Crippen LogP contribution in [0.2, 0.25) is 0 Å². The van der Waals surface area contributed by atoms with Crippen molar-refractivity contribution in [3.63, 3.8) is 0 Å². The molecule has 0 fully saturated rings. The molecule has 0 aliphatic carbocycles. The third-order valence-electron chi connectivity index (χ3n) is 0. The van der Waals surface area contributed by atoms with E-state index in [0.29, 0.717) is 0 Å². The molecule has 0 spiro atoms. The van der Waals surface area contributed by atoms with E-state index >= 15 is 0 Å². The molecule has 0 aliphatic rings. The minimum atomic E-state index is -2.97. The van der Waals surface area contributed by atoms with Gasteiger partial charge in [0.25, 0.3) is 0 Å². The second-order valence-corrected chi connectivity index (χ2v) is 19.2. The van der Waals surface area contributed by atoms with Crippen LogP contribution in [-0.2, 0) is 25.4 Å². The average Bonchev–Trinajstić information content (AvgIpc) is 1.50. The monoisotopic (exact) mass is 378 g/mol. The Kier molecular flexibility index (Phi) is 18.4. The Morgan fingerprint density at radius 3 is 1.15 bits per heavy atom. The Morgan fingerprint density at radius 2 is 1.15 bits per heavy atom. The molecule has 0 aromatic rings. The molecule has 8 heteroatoms. The van der Waals surface area contributed by atoms with Crippen LogP contribution in [0.5, 0.6) is 0 Å². The van der Waals surface area contributed by atoms with E-state index < -0.39 is 21.2 Å². The van der Waals surface area contributed by atoms with Crippen LogP contribution < -0.4 is 0 Å². The van der Waals surface area contributed by atoms with Gasteiger partial charge in [0.15, 0.2) is 0 Å². The van der Waals surface area contributed by atoms with Crippen LogP contribution in [0.15, 0.2) is 0 Å². The summed E-state index contributed by atoms with van der Waals surface area (Å²) in [7, 11) is 22.2. The van der Waals surface area contributed by atoms with E-state index in [2.05, 4.69) is 5.87 Å². The summed E-state index contributed by atoms with van der Waals surface area (Å²) in [5.74, 6) is 3.11. The average molecular weight is 379 g/mol. The standard InChI is InChI=1S/C3H9N.C2H5OS.4ClH.Ru/c2*1-4(2)3;;;;;/h1-3H3;1H2,2H3;4*1H;/q;-1;;;;;+4/p-4. The zero-order valence-corrected chi connectivity index (χ0v) is 13.4. The fraction of sp³-hybridized carbons (Fsp3) is 0.800. The molecule has 13 heavy (non-hydrogen) atoms.